The Kier molecular flexibility index (Phi) is 6.02. The van der Waals surface area contributed by atoms with E-state index < -0.39 is 6.36 Å². The van der Waals surface area contributed by atoms with Gasteiger partial charge in [0.2, 0.25) is 0 Å². The van der Waals surface area contributed by atoms with E-state index in [-0.39, 0.29) is 24.3 Å². The summed E-state index contributed by atoms with van der Waals surface area (Å²) in [6.07, 6.45) is -4.70. The molecule has 0 amide bonds. The molecule has 1 aromatic carbocycles. The van der Waals surface area contributed by atoms with Crippen LogP contribution in [0.3, 0.4) is 0 Å². The van der Waals surface area contributed by atoms with Crippen LogP contribution in [-0.2, 0) is 16.1 Å². The van der Waals surface area contributed by atoms with Crippen molar-refractivity contribution in [1.82, 2.24) is 4.90 Å². The number of alkyl halides is 3. The van der Waals surface area contributed by atoms with Crippen LogP contribution in [0.4, 0.5) is 13.2 Å². The van der Waals surface area contributed by atoms with Gasteiger partial charge >= 0.3 is 12.3 Å². The number of carbonyl (C=O) groups excluding carboxylic acids is 1. The maximum atomic E-state index is 12.1. The molecular weight excluding hydrogens is 287 g/mol. The topological polar surface area (TPSA) is 38.8 Å². The molecule has 0 saturated heterocycles. The second-order valence-electron chi connectivity index (χ2n) is 4.77. The highest BCUT2D eigenvalue weighted by Crippen LogP contribution is 2.23. The van der Waals surface area contributed by atoms with Gasteiger partial charge in [0, 0.05) is 12.6 Å². The third-order valence-electron chi connectivity index (χ3n) is 2.83. The second-order valence-corrected chi connectivity index (χ2v) is 4.77. The van der Waals surface area contributed by atoms with Crippen molar-refractivity contribution in [2.45, 2.75) is 32.8 Å². The first-order chi connectivity index (χ1) is 9.71. The number of rotatable bonds is 6. The molecule has 0 saturated carbocycles. The van der Waals surface area contributed by atoms with E-state index in [0.29, 0.717) is 6.54 Å². The summed E-state index contributed by atoms with van der Waals surface area (Å²) in [7, 11) is 1.31. The lowest BCUT2D eigenvalue weighted by atomic mass is 10.2. The van der Waals surface area contributed by atoms with Crippen molar-refractivity contribution < 1.29 is 27.4 Å². The van der Waals surface area contributed by atoms with E-state index in [1.165, 1.54) is 31.4 Å². The predicted molar refractivity (Wildman–Crippen MR) is 70.7 cm³/mol. The van der Waals surface area contributed by atoms with Crippen LogP contribution in [0.5, 0.6) is 5.75 Å². The van der Waals surface area contributed by atoms with Crippen LogP contribution in [0, 0.1) is 0 Å². The van der Waals surface area contributed by atoms with E-state index in [2.05, 4.69) is 9.47 Å². The highest BCUT2D eigenvalue weighted by Gasteiger charge is 2.31. The number of esters is 1. The fraction of sp³-hybridized carbons (Fsp3) is 0.500. The molecule has 4 nitrogen and oxygen atoms in total. The molecule has 0 heterocycles. The van der Waals surface area contributed by atoms with Gasteiger partial charge in [-0.15, -0.1) is 13.2 Å². The molecule has 0 N–H and O–H groups in total. The number of halogens is 3. The fourth-order valence-corrected chi connectivity index (χ4v) is 1.68. The van der Waals surface area contributed by atoms with E-state index in [1.54, 1.807) is 0 Å². The van der Waals surface area contributed by atoms with Gasteiger partial charge in [0.25, 0.3) is 0 Å². The van der Waals surface area contributed by atoms with Crippen molar-refractivity contribution in [3.63, 3.8) is 0 Å². The maximum Gasteiger partial charge on any atom is 0.573 e. The summed E-state index contributed by atoms with van der Waals surface area (Å²) in [4.78, 5) is 13.2. The van der Waals surface area contributed by atoms with Crippen molar-refractivity contribution in [2.75, 3.05) is 13.7 Å². The molecule has 0 radical (unpaired) electrons. The molecule has 118 valence electrons. The van der Waals surface area contributed by atoms with E-state index >= 15 is 0 Å². The normalized spacial score (nSPS) is 11.8. The van der Waals surface area contributed by atoms with E-state index in [4.69, 9.17) is 0 Å². The van der Waals surface area contributed by atoms with Gasteiger partial charge in [-0.3, -0.25) is 9.69 Å². The van der Waals surface area contributed by atoms with E-state index in [0.717, 1.165) is 5.56 Å². The Hall–Kier alpha value is -1.76. The molecule has 0 aliphatic rings. The SMILES string of the molecule is COC(=O)CN(Cc1ccc(OC(F)(F)F)cc1)C(C)C. The lowest BCUT2D eigenvalue weighted by molar-refractivity contribution is -0.274. The lowest BCUT2D eigenvalue weighted by Crippen LogP contribution is -2.35. The number of hydrogen-bond donors (Lipinski definition) is 0. The van der Waals surface area contributed by atoms with Gasteiger partial charge in [0.1, 0.15) is 5.75 Å². The molecule has 21 heavy (non-hydrogen) atoms. The minimum absolute atomic E-state index is 0.0928. The minimum Gasteiger partial charge on any atom is -0.468 e. The first kappa shape index (κ1) is 17.3. The van der Waals surface area contributed by atoms with Crippen LogP contribution >= 0.6 is 0 Å². The van der Waals surface area contributed by atoms with Gasteiger partial charge in [-0.1, -0.05) is 12.1 Å². The summed E-state index contributed by atoms with van der Waals surface area (Å²) in [6, 6.07) is 5.66. The highest BCUT2D eigenvalue weighted by atomic mass is 19.4. The summed E-state index contributed by atoms with van der Waals surface area (Å²) in [6.45, 7) is 4.39. The Bertz CT molecular complexity index is 458. The fourth-order valence-electron chi connectivity index (χ4n) is 1.68. The standard InChI is InChI=1S/C14H18F3NO3/c1-10(2)18(9-13(19)20-3)8-11-4-6-12(7-5-11)21-14(15,16)17/h4-7,10H,8-9H2,1-3H3. The van der Waals surface area contributed by atoms with Gasteiger partial charge in [0.15, 0.2) is 0 Å². The van der Waals surface area contributed by atoms with Crippen LogP contribution in [-0.4, -0.2) is 36.9 Å². The van der Waals surface area contributed by atoms with Crippen molar-refractivity contribution >= 4 is 5.97 Å². The molecular formula is C14H18F3NO3. The third-order valence-corrected chi connectivity index (χ3v) is 2.83. The largest absolute Gasteiger partial charge is 0.573 e. The van der Waals surface area contributed by atoms with Gasteiger partial charge in [0.05, 0.1) is 13.7 Å². The summed E-state index contributed by atoms with van der Waals surface area (Å²) < 4.78 is 44.6. The molecule has 0 fully saturated rings. The van der Waals surface area contributed by atoms with Crippen molar-refractivity contribution in [2.24, 2.45) is 0 Å². The highest BCUT2D eigenvalue weighted by molar-refractivity contribution is 5.71. The summed E-state index contributed by atoms with van der Waals surface area (Å²) in [5, 5.41) is 0. The monoisotopic (exact) mass is 305 g/mol. The first-order valence-corrected chi connectivity index (χ1v) is 6.37. The Morgan fingerprint density at radius 2 is 1.81 bits per heavy atom. The molecule has 0 atom stereocenters. The van der Waals surface area contributed by atoms with Gasteiger partial charge < -0.3 is 9.47 Å². The lowest BCUT2D eigenvalue weighted by Gasteiger charge is -2.25. The van der Waals surface area contributed by atoms with Crippen molar-refractivity contribution in [3.05, 3.63) is 29.8 Å². The number of benzene rings is 1. The van der Waals surface area contributed by atoms with Crippen LogP contribution < -0.4 is 4.74 Å². The van der Waals surface area contributed by atoms with Crippen LogP contribution in [0.25, 0.3) is 0 Å². The Morgan fingerprint density at radius 3 is 2.24 bits per heavy atom. The number of nitrogens with zero attached hydrogens (tertiary/aromatic N) is 1. The zero-order valence-corrected chi connectivity index (χ0v) is 12.1. The third kappa shape index (κ3) is 6.48. The minimum atomic E-state index is -4.70. The average molecular weight is 305 g/mol. The van der Waals surface area contributed by atoms with Crippen LogP contribution in [0.15, 0.2) is 24.3 Å². The van der Waals surface area contributed by atoms with E-state index in [1.807, 2.05) is 18.7 Å². The first-order valence-electron chi connectivity index (χ1n) is 6.37. The Balaban J connectivity index is 2.70. The van der Waals surface area contributed by atoms with Crippen LogP contribution in [0.1, 0.15) is 19.4 Å². The average Bonchev–Trinajstić information content (AvgIpc) is 2.38. The molecule has 1 rings (SSSR count). The second kappa shape index (κ2) is 7.31. The van der Waals surface area contributed by atoms with Crippen LogP contribution in [0.2, 0.25) is 0 Å². The molecule has 0 aliphatic carbocycles. The number of methoxy groups -OCH3 is 1. The molecule has 0 bridgehead atoms. The van der Waals surface area contributed by atoms with Gasteiger partial charge in [-0.25, -0.2) is 0 Å². The molecule has 0 aliphatic heterocycles. The Morgan fingerprint density at radius 1 is 1.24 bits per heavy atom. The summed E-state index contributed by atoms with van der Waals surface area (Å²) in [5.41, 5.74) is 0.780. The quantitative estimate of drug-likeness (QED) is 0.757. The van der Waals surface area contributed by atoms with E-state index in [9.17, 15) is 18.0 Å². The van der Waals surface area contributed by atoms with Crippen molar-refractivity contribution in [3.8, 4) is 5.75 Å². The predicted octanol–water partition coefficient (Wildman–Crippen LogP) is 2.97. The number of carbonyl (C=O) groups is 1. The molecule has 0 unspecified atom stereocenters. The van der Waals surface area contributed by atoms with Gasteiger partial charge in [-0.2, -0.15) is 0 Å². The number of hydrogen-bond acceptors (Lipinski definition) is 4. The zero-order valence-electron chi connectivity index (χ0n) is 12.1. The zero-order chi connectivity index (χ0) is 16.0. The smallest absolute Gasteiger partial charge is 0.468 e. The molecule has 1 aromatic rings. The molecule has 7 heteroatoms. The van der Waals surface area contributed by atoms with Gasteiger partial charge in [-0.05, 0) is 31.5 Å². The summed E-state index contributed by atoms with van der Waals surface area (Å²) in [5.74, 6) is -0.629. The van der Waals surface area contributed by atoms with Crippen molar-refractivity contribution in [1.29, 1.82) is 0 Å². The maximum absolute atomic E-state index is 12.1. The Labute approximate surface area is 121 Å². The summed E-state index contributed by atoms with van der Waals surface area (Å²) >= 11 is 0. The molecule has 0 spiro atoms. The number of ether oxygens (including phenoxy) is 2. The molecule has 0 aromatic heterocycles.